The number of hydrogen-bond donors (Lipinski definition) is 2. The van der Waals surface area contributed by atoms with Crippen molar-refractivity contribution in [3.63, 3.8) is 0 Å². The summed E-state index contributed by atoms with van der Waals surface area (Å²) in [6, 6.07) is 0. The maximum atomic E-state index is 10.3. The van der Waals surface area contributed by atoms with Gasteiger partial charge in [-0.2, -0.15) is 0 Å². The van der Waals surface area contributed by atoms with E-state index in [-0.39, 0.29) is 6.10 Å². The summed E-state index contributed by atoms with van der Waals surface area (Å²) >= 11 is 0. The minimum absolute atomic E-state index is 0.266. The molecule has 124 valence electrons. The van der Waals surface area contributed by atoms with Crippen LogP contribution in [0.5, 0.6) is 0 Å². The highest BCUT2D eigenvalue weighted by Crippen LogP contribution is 2.12. The number of aliphatic hydroxyl groups is 1. The fourth-order valence-corrected chi connectivity index (χ4v) is 2.36. The van der Waals surface area contributed by atoms with Gasteiger partial charge in [-0.1, -0.05) is 76.9 Å². The van der Waals surface area contributed by atoms with Crippen LogP contribution in [0.15, 0.2) is 12.2 Å². The lowest BCUT2D eigenvalue weighted by atomic mass is 10.0. The van der Waals surface area contributed by atoms with E-state index in [4.69, 9.17) is 5.11 Å². The fourth-order valence-electron chi connectivity index (χ4n) is 2.36. The number of carbonyl (C=O) groups is 1. The van der Waals surface area contributed by atoms with Crippen molar-refractivity contribution in [1.82, 2.24) is 0 Å². The quantitative estimate of drug-likeness (QED) is 0.327. The Bertz CT molecular complexity index is 261. The zero-order chi connectivity index (χ0) is 15.8. The first-order valence-corrected chi connectivity index (χ1v) is 8.73. The van der Waals surface area contributed by atoms with Gasteiger partial charge in [0.25, 0.3) is 0 Å². The van der Waals surface area contributed by atoms with Crippen LogP contribution in [-0.4, -0.2) is 22.3 Å². The summed E-state index contributed by atoms with van der Waals surface area (Å²) < 4.78 is 0. The predicted molar refractivity (Wildman–Crippen MR) is 88.5 cm³/mol. The molecule has 0 aliphatic carbocycles. The van der Waals surface area contributed by atoms with E-state index >= 15 is 0 Å². The molecule has 0 aromatic carbocycles. The molecular formula is C18H34O3. The molecule has 0 amide bonds. The van der Waals surface area contributed by atoms with E-state index in [1.165, 1.54) is 38.5 Å². The van der Waals surface area contributed by atoms with Crippen LogP contribution in [0.2, 0.25) is 0 Å². The third-order valence-electron chi connectivity index (χ3n) is 3.72. The molecule has 0 aromatic rings. The molecule has 0 rings (SSSR count). The van der Waals surface area contributed by atoms with Crippen LogP contribution in [0.1, 0.15) is 90.4 Å². The number of carboxylic acids is 1. The summed E-state index contributed by atoms with van der Waals surface area (Å²) in [7, 11) is 0. The molecule has 0 bridgehead atoms. The number of carboxylic acid groups (broad SMARTS) is 1. The molecule has 0 saturated heterocycles. The number of rotatable bonds is 15. The summed E-state index contributed by atoms with van der Waals surface area (Å²) in [4.78, 5) is 10.3. The van der Waals surface area contributed by atoms with E-state index in [1.807, 2.05) is 6.08 Å². The van der Waals surface area contributed by atoms with Gasteiger partial charge in [0, 0.05) is 6.42 Å². The standard InChI is InChI=1S/C18H34O3/c1-2-3-4-11-14-17(19)15-12-9-7-5-6-8-10-13-16-18(20)21/h11,14,17,19H,2-10,12-13,15-16H2,1H3,(H,20,21)/b14-11-/t17-/m1/s1. The molecule has 0 aliphatic rings. The summed E-state index contributed by atoms with van der Waals surface area (Å²) in [5, 5.41) is 18.3. The highest BCUT2D eigenvalue weighted by atomic mass is 16.4. The smallest absolute Gasteiger partial charge is 0.303 e. The van der Waals surface area contributed by atoms with Gasteiger partial charge in [0.05, 0.1) is 6.10 Å². The van der Waals surface area contributed by atoms with Gasteiger partial charge < -0.3 is 10.2 Å². The largest absolute Gasteiger partial charge is 0.481 e. The molecule has 0 spiro atoms. The van der Waals surface area contributed by atoms with Gasteiger partial charge in [-0.3, -0.25) is 4.79 Å². The third-order valence-corrected chi connectivity index (χ3v) is 3.72. The van der Waals surface area contributed by atoms with Crippen LogP contribution in [0.3, 0.4) is 0 Å². The number of allylic oxidation sites excluding steroid dienone is 1. The molecule has 1 atom stereocenters. The van der Waals surface area contributed by atoms with Crippen molar-refractivity contribution >= 4 is 5.97 Å². The van der Waals surface area contributed by atoms with E-state index in [2.05, 4.69) is 13.0 Å². The van der Waals surface area contributed by atoms with E-state index in [9.17, 15) is 9.90 Å². The summed E-state index contributed by atoms with van der Waals surface area (Å²) in [5.41, 5.74) is 0. The first-order chi connectivity index (χ1) is 10.2. The second kappa shape index (κ2) is 15.6. The second-order valence-corrected chi connectivity index (χ2v) is 5.90. The van der Waals surface area contributed by atoms with Crippen molar-refractivity contribution in [2.75, 3.05) is 0 Å². The normalized spacial score (nSPS) is 12.9. The van der Waals surface area contributed by atoms with Gasteiger partial charge in [-0.15, -0.1) is 0 Å². The molecule has 0 heterocycles. The molecule has 2 N–H and O–H groups in total. The van der Waals surface area contributed by atoms with Crippen molar-refractivity contribution in [1.29, 1.82) is 0 Å². The Morgan fingerprint density at radius 3 is 2.10 bits per heavy atom. The van der Waals surface area contributed by atoms with Gasteiger partial charge >= 0.3 is 5.97 Å². The lowest BCUT2D eigenvalue weighted by molar-refractivity contribution is -0.137. The molecule has 0 radical (unpaired) electrons. The van der Waals surface area contributed by atoms with E-state index in [0.29, 0.717) is 6.42 Å². The predicted octanol–water partition coefficient (Wildman–Crippen LogP) is 5.08. The highest BCUT2D eigenvalue weighted by Gasteiger charge is 1.99. The molecule has 0 saturated carbocycles. The molecular weight excluding hydrogens is 264 g/mol. The maximum Gasteiger partial charge on any atom is 0.303 e. The number of hydrogen-bond acceptors (Lipinski definition) is 2. The van der Waals surface area contributed by atoms with Crippen LogP contribution < -0.4 is 0 Å². The zero-order valence-corrected chi connectivity index (χ0v) is 13.7. The Morgan fingerprint density at radius 2 is 1.52 bits per heavy atom. The Labute approximate surface area is 130 Å². The number of unbranched alkanes of at least 4 members (excludes halogenated alkanes) is 9. The third kappa shape index (κ3) is 17.1. The fraction of sp³-hybridized carbons (Fsp3) is 0.833. The zero-order valence-electron chi connectivity index (χ0n) is 13.7. The lowest BCUT2D eigenvalue weighted by Gasteiger charge is -2.05. The summed E-state index contributed by atoms with van der Waals surface area (Å²) in [6.07, 6.45) is 17.4. The molecule has 3 heteroatoms. The first-order valence-electron chi connectivity index (χ1n) is 8.73. The van der Waals surface area contributed by atoms with Gasteiger partial charge in [-0.25, -0.2) is 0 Å². The van der Waals surface area contributed by atoms with E-state index in [1.54, 1.807) is 0 Å². The maximum absolute atomic E-state index is 10.3. The van der Waals surface area contributed by atoms with Crippen molar-refractivity contribution in [2.24, 2.45) is 0 Å². The van der Waals surface area contributed by atoms with Crippen LogP contribution >= 0.6 is 0 Å². The topological polar surface area (TPSA) is 57.5 Å². The summed E-state index contributed by atoms with van der Waals surface area (Å²) in [6.45, 7) is 2.18. The number of aliphatic carboxylic acids is 1. The lowest BCUT2D eigenvalue weighted by Crippen LogP contribution is -2.01. The minimum atomic E-state index is -0.683. The monoisotopic (exact) mass is 298 g/mol. The van der Waals surface area contributed by atoms with Crippen LogP contribution in [-0.2, 0) is 4.79 Å². The van der Waals surface area contributed by atoms with Crippen LogP contribution in [0, 0.1) is 0 Å². The Balaban J connectivity index is 3.21. The molecule has 21 heavy (non-hydrogen) atoms. The van der Waals surface area contributed by atoms with E-state index in [0.717, 1.165) is 38.5 Å². The Hall–Kier alpha value is -0.830. The minimum Gasteiger partial charge on any atom is -0.481 e. The van der Waals surface area contributed by atoms with Crippen molar-refractivity contribution in [3.05, 3.63) is 12.2 Å². The molecule has 0 aromatic heterocycles. The Morgan fingerprint density at radius 1 is 0.952 bits per heavy atom. The Kier molecular flexibility index (Phi) is 14.9. The second-order valence-electron chi connectivity index (χ2n) is 5.90. The SMILES string of the molecule is CCCC/C=C\[C@@H](O)CCCCCCCCCCC(=O)O. The first kappa shape index (κ1) is 20.2. The van der Waals surface area contributed by atoms with E-state index < -0.39 is 5.97 Å². The number of aliphatic hydroxyl groups excluding tert-OH is 1. The average Bonchev–Trinajstić information content (AvgIpc) is 2.45. The molecule has 0 unspecified atom stereocenters. The molecule has 3 nitrogen and oxygen atoms in total. The van der Waals surface area contributed by atoms with Crippen LogP contribution in [0.4, 0.5) is 0 Å². The van der Waals surface area contributed by atoms with Crippen molar-refractivity contribution < 1.29 is 15.0 Å². The average molecular weight is 298 g/mol. The van der Waals surface area contributed by atoms with Gasteiger partial charge in [-0.05, 0) is 19.3 Å². The highest BCUT2D eigenvalue weighted by molar-refractivity contribution is 5.66. The van der Waals surface area contributed by atoms with Gasteiger partial charge in [0.15, 0.2) is 0 Å². The van der Waals surface area contributed by atoms with Crippen molar-refractivity contribution in [2.45, 2.75) is 96.5 Å². The van der Waals surface area contributed by atoms with Gasteiger partial charge in [0.2, 0.25) is 0 Å². The molecule has 0 fully saturated rings. The van der Waals surface area contributed by atoms with Crippen LogP contribution in [0.25, 0.3) is 0 Å². The van der Waals surface area contributed by atoms with Crippen molar-refractivity contribution in [3.8, 4) is 0 Å². The van der Waals surface area contributed by atoms with Gasteiger partial charge in [0.1, 0.15) is 0 Å². The molecule has 0 aliphatic heterocycles. The summed E-state index contributed by atoms with van der Waals surface area (Å²) in [5.74, 6) is -0.683.